The molecule has 0 unspecified atom stereocenters. The van der Waals surface area contributed by atoms with E-state index in [4.69, 9.17) is 26.6 Å². The molecule has 0 atom stereocenters. The third-order valence-corrected chi connectivity index (χ3v) is 4.74. The summed E-state index contributed by atoms with van der Waals surface area (Å²) >= 11 is 5.34. The predicted molar refractivity (Wildman–Crippen MR) is 108 cm³/mol. The van der Waals surface area contributed by atoms with E-state index >= 15 is 0 Å². The number of nitrogens with one attached hydrogen (secondary N) is 1. The molecule has 0 saturated carbocycles. The number of H-pyrrole nitrogens is 1. The van der Waals surface area contributed by atoms with Crippen LogP contribution in [0.3, 0.4) is 0 Å². The van der Waals surface area contributed by atoms with Crippen LogP contribution in [0.15, 0.2) is 47.1 Å². The first-order valence-electron chi connectivity index (χ1n) is 9.09. The molecule has 8 nitrogen and oxygen atoms in total. The molecule has 0 bridgehead atoms. The summed E-state index contributed by atoms with van der Waals surface area (Å²) in [5.41, 5.74) is 0.863. The average molecular weight is 411 g/mol. The predicted octanol–water partition coefficient (Wildman–Crippen LogP) is 3.54. The summed E-state index contributed by atoms with van der Waals surface area (Å²) in [7, 11) is 1.61. The van der Waals surface area contributed by atoms with Crippen LogP contribution in [0.25, 0.3) is 11.4 Å². The Labute approximate surface area is 173 Å². The molecule has 2 heterocycles. The number of hydrogen-bond acceptors (Lipinski definition) is 6. The molecule has 0 radical (unpaired) electrons. The molecule has 0 fully saturated rings. The van der Waals surface area contributed by atoms with E-state index < -0.39 is 0 Å². The second-order valence-electron chi connectivity index (χ2n) is 6.29. The molecule has 9 heteroatoms. The number of carbonyl (C=O) groups is 1. The van der Waals surface area contributed by atoms with Crippen molar-refractivity contribution < 1.29 is 13.9 Å². The Morgan fingerprint density at radius 3 is 2.83 bits per heavy atom. The summed E-state index contributed by atoms with van der Waals surface area (Å²) in [6.45, 7) is 1.05. The fraction of sp³-hybridized carbons (Fsp3) is 0.300. The third-order valence-electron chi connectivity index (χ3n) is 4.43. The summed E-state index contributed by atoms with van der Waals surface area (Å²) in [6.07, 6.45) is 2.05. The summed E-state index contributed by atoms with van der Waals surface area (Å²) < 4.78 is 12.8. The van der Waals surface area contributed by atoms with E-state index in [2.05, 4.69) is 16.3 Å². The summed E-state index contributed by atoms with van der Waals surface area (Å²) in [5.74, 6) is 1.99. The maximum absolute atomic E-state index is 12.8. The van der Waals surface area contributed by atoms with Crippen LogP contribution >= 0.6 is 12.2 Å². The van der Waals surface area contributed by atoms with E-state index in [1.54, 1.807) is 35.0 Å². The minimum Gasteiger partial charge on any atom is -0.497 e. The highest BCUT2D eigenvalue weighted by Gasteiger charge is 2.17. The van der Waals surface area contributed by atoms with Gasteiger partial charge in [0.25, 0.3) is 0 Å². The van der Waals surface area contributed by atoms with Crippen molar-refractivity contribution in [3.8, 4) is 23.2 Å². The van der Waals surface area contributed by atoms with Crippen molar-refractivity contribution >= 4 is 18.1 Å². The zero-order valence-electron chi connectivity index (χ0n) is 16.0. The first-order valence-corrected chi connectivity index (χ1v) is 9.50. The summed E-state index contributed by atoms with van der Waals surface area (Å²) in [6, 6.07) is 13.1. The molecule has 3 aromatic rings. The van der Waals surface area contributed by atoms with Crippen molar-refractivity contribution in [1.29, 1.82) is 5.26 Å². The van der Waals surface area contributed by atoms with E-state index in [9.17, 15) is 4.79 Å². The van der Waals surface area contributed by atoms with E-state index in [0.717, 1.165) is 11.3 Å². The third kappa shape index (κ3) is 5.12. The maximum Gasteiger partial charge on any atom is 0.224 e. The summed E-state index contributed by atoms with van der Waals surface area (Å²) in [5, 5.41) is 16.0. The first-order chi connectivity index (χ1) is 14.1. The van der Waals surface area contributed by atoms with Gasteiger partial charge in [-0.05, 0) is 48.6 Å². The van der Waals surface area contributed by atoms with E-state index in [1.165, 1.54) is 0 Å². The fourth-order valence-corrected chi connectivity index (χ4v) is 3.14. The van der Waals surface area contributed by atoms with Gasteiger partial charge in [-0.15, -0.1) is 0 Å². The van der Waals surface area contributed by atoms with Gasteiger partial charge in [-0.2, -0.15) is 10.4 Å². The standard InChI is InChI=1S/C20H21N5O3S/c1-27-16-7-5-15(6-8-16)19-22-23-20(29)25(19)12-9-18(26)24(11-3-10-21)14-17-4-2-13-28-17/h2,4-8,13H,3,9,11-12,14H2,1H3,(H,23,29). The smallest absolute Gasteiger partial charge is 0.224 e. The average Bonchev–Trinajstić information content (AvgIpc) is 3.39. The molecule has 1 amide bonds. The first kappa shape index (κ1) is 20.4. The Balaban J connectivity index is 1.72. The van der Waals surface area contributed by atoms with Gasteiger partial charge in [0.05, 0.1) is 32.4 Å². The lowest BCUT2D eigenvalue weighted by atomic mass is 10.2. The molecule has 3 rings (SSSR count). The lowest BCUT2D eigenvalue weighted by molar-refractivity contribution is -0.132. The van der Waals surface area contributed by atoms with Gasteiger partial charge in [-0.25, -0.2) is 0 Å². The van der Waals surface area contributed by atoms with Gasteiger partial charge in [0.2, 0.25) is 5.91 Å². The molecule has 150 valence electrons. The second-order valence-corrected chi connectivity index (χ2v) is 6.67. The number of ether oxygens (including phenoxy) is 1. The number of benzene rings is 1. The quantitative estimate of drug-likeness (QED) is 0.541. The number of furan rings is 1. The Kier molecular flexibility index (Phi) is 6.81. The number of aromatic amines is 1. The van der Waals surface area contributed by atoms with Gasteiger partial charge < -0.3 is 14.1 Å². The van der Waals surface area contributed by atoms with Crippen LogP contribution < -0.4 is 4.74 Å². The van der Waals surface area contributed by atoms with Crippen molar-refractivity contribution in [2.45, 2.75) is 25.9 Å². The van der Waals surface area contributed by atoms with Gasteiger partial charge in [-0.3, -0.25) is 14.5 Å². The van der Waals surface area contributed by atoms with Crippen LogP contribution in [0, 0.1) is 16.1 Å². The number of carbonyl (C=O) groups excluding carboxylic acids is 1. The fourth-order valence-electron chi connectivity index (χ4n) is 2.92. The molecule has 1 aromatic carbocycles. The summed E-state index contributed by atoms with van der Waals surface area (Å²) in [4.78, 5) is 14.4. The van der Waals surface area contributed by atoms with Crippen LogP contribution in [0.1, 0.15) is 18.6 Å². The van der Waals surface area contributed by atoms with E-state index in [0.29, 0.717) is 36.0 Å². The lowest BCUT2D eigenvalue weighted by Crippen LogP contribution is -2.32. The number of hydrogen-bond donors (Lipinski definition) is 1. The van der Waals surface area contributed by atoms with Crippen molar-refractivity contribution in [3.05, 3.63) is 53.2 Å². The molecule has 0 aliphatic heterocycles. The molecule has 0 aliphatic carbocycles. The Morgan fingerprint density at radius 2 is 2.17 bits per heavy atom. The molecule has 2 aromatic heterocycles. The number of rotatable bonds is 9. The molecule has 0 spiro atoms. The molecule has 29 heavy (non-hydrogen) atoms. The van der Waals surface area contributed by atoms with Gasteiger partial charge in [0.15, 0.2) is 10.6 Å². The van der Waals surface area contributed by atoms with Crippen LogP contribution in [0.4, 0.5) is 0 Å². The SMILES string of the molecule is COc1ccc(-c2n[nH]c(=S)n2CCC(=O)N(CCC#N)Cc2ccco2)cc1. The highest BCUT2D eigenvalue weighted by molar-refractivity contribution is 7.71. The van der Waals surface area contributed by atoms with Crippen LogP contribution in [-0.4, -0.2) is 39.2 Å². The van der Waals surface area contributed by atoms with Crippen molar-refractivity contribution in [3.63, 3.8) is 0 Å². The zero-order valence-corrected chi connectivity index (χ0v) is 16.8. The normalized spacial score (nSPS) is 10.5. The molecule has 0 aliphatic rings. The monoisotopic (exact) mass is 411 g/mol. The van der Waals surface area contributed by atoms with E-state index in [-0.39, 0.29) is 18.7 Å². The van der Waals surface area contributed by atoms with Gasteiger partial charge in [0.1, 0.15) is 11.5 Å². The van der Waals surface area contributed by atoms with Crippen LogP contribution in [0.5, 0.6) is 5.75 Å². The highest BCUT2D eigenvalue weighted by Crippen LogP contribution is 2.21. The number of amides is 1. The number of nitriles is 1. The lowest BCUT2D eigenvalue weighted by Gasteiger charge is -2.20. The molecule has 1 N–H and O–H groups in total. The van der Waals surface area contributed by atoms with Gasteiger partial charge in [-0.1, -0.05) is 0 Å². The Bertz CT molecular complexity index is 1030. The molecular formula is C20H21N5O3S. The molecular weight excluding hydrogens is 390 g/mol. The van der Waals surface area contributed by atoms with Gasteiger partial charge in [0, 0.05) is 25.1 Å². The number of methoxy groups -OCH3 is 1. The van der Waals surface area contributed by atoms with Crippen molar-refractivity contribution in [2.24, 2.45) is 0 Å². The second kappa shape index (κ2) is 9.71. The maximum atomic E-state index is 12.8. The zero-order chi connectivity index (χ0) is 20.6. The minimum atomic E-state index is -0.0829. The highest BCUT2D eigenvalue weighted by atomic mass is 32.1. The number of nitrogens with zero attached hydrogens (tertiary/aromatic N) is 4. The topological polar surface area (TPSA) is 100 Å². The van der Waals surface area contributed by atoms with E-state index in [1.807, 2.05) is 24.3 Å². The Hall–Kier alpha value is -3.38. The van der Waals surface area contributed by atoms with Crippen LogP contribution in [-0.2, 0) is 17.9 Å². The van der Waals surface area contributed by atoms with Crippen molar-refractivity contribution in [1.82, 2.24) is 19.7 Å². The van der Waals surface area contributed by atoms with Gasteiger partial charge >= 0.3 is 0 Å². The largest absolute Gasteiger partial charge is 0.497 e. The van der Waals surface area contributed by atoms with Crippen LogP contribution in [0.2, 0.25) is 0 Å². The number of aromatic nitrogens is 3. The Morgan fingerprint density at radius 1 is 1.38 bits per heavy atom. The van der Waals surface area contributed by atoms with Crippen molar-refractivity contribution in [2.75, 3.05) is 13.7 Å². The molecule has 0 saturated heterocycles. The minimum absolute atomic E-state index is 0.0829.